The molecule has 1 heterocycles. The smallest absolute Gasteiger partial charge is 0.255 e. The first-order valence-corrected chi connectivity index (χ1v) is 6.76. The number of halogens is 2. The van der Waals surface area contributed by atoms with E-state index < -0.39 is 0 Å². The van der Waals surface area contributed by atoms with E-state index in [1.165, 1.54) is 0 Å². The van der Waals surface area contributed by atoms with E-state index in [0.29, 0.717) is 36.6 Å². The molecule has 4 nitrogen and oxygen atoms in total. The summed E-state index contributed by atoms with van der Waals surface area (Å²) < 4.78 is 0.805. The predicted molar refractivity (Wildman–Crippen MR) is 72.7 cm³/mol. The van der Waals surface area contributed by atoms with Gasteiger partial charge >= 0.3 is 0 Å². The van der Waals surface area contributed by atoms with Gasteiger partial charge in [-0.15, -0.1) is 0 Å². The molecule has 1 aromatic rings. The summed E-state index contributed by atoms with van der Waals surface area (Å²) in [5.41, 5.74) is 0.459. The Kier molecular flexibility index (Phi) is 4.24. The fourth-order valence-corrected chi connectivity index (χ4v) is 2.36. The first kappa shape index (κ1) is 13.4. The zero-order valence-electron chi connectivity index (χ0n) is 9.58. The van der Waals surface area contributed by atoms with Gasteiger partial charge in [-0.3, -0.25) is 9.59 Å². The molecule has 2 amide bonds. The second-order valence-electron chi connectivity index (χ2n) is 4.02. The summed E-state index contributed by atoms with van der Waals surface area (Å²) in [5.74, 6) is -0.163. The first-order chi connectivity index (χ1) is 8.58. The van der Waals surface area contributed by atoms with E-state index in [-0.39, 0.29) is 11.8 Å². The zero-order chi connectivity index (χ0) is 13.1. The van der Waals surface area contributed by atoms with Crippen molar-refractivity contribution in [1.29, 1.82) is 0 Å². The van der Waals surface area contributed by atoms with Gasteiger partial charge in [-0.2, -0.15) is 0 Å². The topological polar surface area (TPSA) is 49.4 Å². The minimum Gasteiger partial charge on any atom is -0.354 e. The normalized spacial score (nSPS) is 16.1. The number of rotatable bonds is 1. The van der Waals surface area contributed by atoms with Gasteiger partial charge < -0.3 is 10.2 Å². The molecule has 1 aliphatic rings. The molecule has 0 spiro atoms. The van der Waals surface area contributed by atoms with Crippen molar-refractivity contribution in [3.8, 4) is 0 Å². The average molecular weight is 332 g/mol. The van der Waals surface area contributed by atoms with Crippen LogP contribution in [-0.2, 0) is 4.79 Å². The highest BCUT2D eigenvalue weighted by molar-refractivity contribution is 9.10. The van der Waals surface area contributed by atoms with E-state index in [1.807, 2.05) is 0 Å². The third-order valence-electron chi connectivity index (χ3n) is 2.76. The van der Waals surface area contributed by atoms with Crippen LogP contribution in [-0.4, -0.2) is 36.3 Å². The van der Waals surface area contributed by atoms with Crippen LogP contribution in [0.25, 0.3) is 0 Å². The monoisotopic (exact) mass is 330 g/mol. The van der Waals surface area contributed by atoms with Gasteiger partial charge in [0, 0.05) is 30.5 Å². The first-order valence-electron chi connectivity index (χ1n) is 5.59. The van der Waals surface area contributed by atoms with E-state index in [9.17, 15) is 9.59 Å². The van der Waals surface area contributed by atoms with Crippen molar-refractivity contribution in [2.75, 3.05) is 19.6 Å². The lowest BCUT2D eigenvalue weighted by Crippen LogP contribution is -2.34. The van der Waals surface area contributed by atoms with Crippen LogP contribution in [0.5, 0.6) is 0 Å². The molecular weight excluding hydrogens is 320 g/mol. The van der Waals surface area contributed by atoms with Gasteiger partial charge in [-0.1, -0.05) is 27.5 Å². The lowest BCUT2D eigenvalue weighted by molar-refractivity contribution is -0.120. The summed E-state index contributed by atoms with van der Waals surface area (Å²) in [6.07, 6.45) is 0.331. The largest absolute Gasteiger partial charge is 0.354 e. The highest BCUT2D eigenvalue weighted by Gasteiger charge is 2.21. The summed E-state index contributed by atoms with van der Waals surface area (Å²) in [5, 5.41) is 3.15. The van der Waals surface area contributed by atoms with Gasteiger partial charge in [-0.05, 0) is 18.2 Å². The molecule has 0 radical (unpaired) electrons. The van der Waals surface area contributed by atoms with Gasteiger partial charge in [-0.25, -0.2) is 0 Å². The van der Waals surface area contributed by atoms with Crippen molar-refractivity contribution in [1.82, 2.24) is 10.2 Å². The van der Waals surface area contributed by atoms with Crippen LogP contribution in [0.15, 0.2) is 22.7 Å². The molecule has 0 aromatic heterocycles. The number of carbonyl (C=O) groups is 2. The Labute approximate surface area is 118 Å². The molecule has 0 saturated carbocycles. The fourth-order valence-electron chi connectivity index (χ4n) is 1.80. The van der Waals surface area contributed by atoms with Crippen molar-refractivity contribution in [2.45, 2.75) is 6.42 Å². The fraction of sp³-hybridized carbons (Fsp3) is 0.333. The van der Waals surface area contributed by atoms with Crippen LogP contribution in [0.4, 0.5) is 0 Å². The molecule has 0 unspecified atom stereocenters. The van der Waals surface area contributed by atoms with Crippen LogP contribution in [0.1, 0.15) is 16.8 Å². The lowest BCUT2D eigenvalue weighted by atomic mass is 10.2. The Morgan fingerprint density at radius 3 is 2.94 bits per heavy atom. The minimum atomic E-state index is -0.141. The second-order valence-corrected chi connectivity index (χ2v) is 5.34. The van der Waals surface area contributed by atoms with Crippen LogP contribution < -0.4 is 5.32 Å². The maximum atomic E-state index is 12.3. The molecule has 96 valence electrons. The van der Waals surface area contributed by atoms with E-state index in [1.54, 1.807) is 23.1 Å². The Morgan fingerprint density at radius 2 is 2.17 bits per heavy atom. The van der Waals surface area contributed by atoms with Gasteiger partial charge in [0.2, 0.25) is 5.91 Å². The lowest BCUT2D eigenvalue weighted by Gasteiger charge is -2.20. The molecular formula is C12H12BrClN2O2. The van der Waals surface area contributed by atoms with Crippen molar-refractivity contribution in [3.63, 3.8) is 0 Å². The number of nitrogens with zero attached hydrogens (tertiary/aromatic N) is 1. The molecule has 0 atom stereocenters. The minimum absolute atomic E-state index is 0.0226. The summed E-state index contributed by atoms with van der Waals surface area (Å²) in [6.45, 7) is 1.41. The predicted octanol–water partition coefficient (Wildman–Crippen LogP) is 2.06. The van der Waals surface area contributed by atoms with Crippen LogP contribution >= 0.6 is 27.5 Å². The van der Waals surface area contributed by atoms with Crippen molar-refractivity contribution in [3.05, 3.63) is 33.3 Å². The highest BCUT2D eigenvalue weighted by atomic mass is 79.9. The molecule has 0 aliphatic carbocycles. The molecule has 6 heteroatoms. The van der Waals surface area contributed by atoms with Gasteiger partial charge in [0.15, 0.2) is 0 Å². The van der Waals surface area contributed by atoms with E-state index in [0.717, 1.165) is 4.47 Å². The SMILES string of the molecule is O=C1CCN(C(=O)c2cc(Br)ccc2Cl)CCN1. The standard InChI is InChI=1S/C12H12BrClN2O2/c13-8-1-2-10(14)9(7-8)12(18)16-5-3-11(17)15-4-6-16/h1-2,7H,3-6H2,(H,15,17). The summed E-state index contributed by atoms with van der Waals surface area (Å²) in [4.78, 5) is 25.2. The third kappa shape index (κ3) is 3.03. The number of carbonyl (C=O) groups excluding carboxylic acids is 2. The van der Waals surface area contributed by atoms with Gasteiger partial charge in [0.1, 0.15) is 0 Å². The molecule has 18 heavy (non-hydrogen) atoms. The number of benzene rings is 1. The van der Waals surface area contributed by atoms with Crippen LogP contribution in [0, 0.1) is 0 Å². The van der Waals surface area contributed by atoms with E-state index in [2.05, 4.69) is 21.2 Å². The van der Waals surface area contributed by atoms with Gasteiger partial charge in [0.25, 0.3) is 5.91 Å². The molecule has 1 N–H and O–H groups in total. The van der Waals surface area contributed by atoms with Crippen LogP contribution in [0.2, 0.25) is 5.02 Å². The maximum Gasteiger partial charge on any atom is 0.255 e. The Hall–Kier alpha value is -1.07. The quantitative estimate of drug-likeness (QED) is 0.856. The molecule has 1 fully saturated rings. The van der Waals surface area contributed by atoms with Crippen molar-refractivity contribution < 1.29 is 9.59 Å². The number of nitrogens with one attached hydrogen (secondary N) is 1. The van der Waals surface area contributed by atoms with Crippen molar-refractivity contribution >= 4 is 39.3 Å². The second kappa shape index (κ2) is 5.71. The van der Waals surface area contributed by atoms with Gasteiger partial charge in [0.05, 0.1) is 10.6 Å². The zero-order valence-corrected chi connectivity index (χ0v) is 11.9. The molecule has 1 aliphatic heterocycles. The molecule has 2 rings (SSSR count). The number of amides is 2. The van der Waals surface area contributed by atoms with E-state index in [4.69, 9.17) is 11.6 Å². The average Bonchev–Trinajstić information content (AvgIpc) is 2.56. The molecule has 1 saturated heterocycles. The Bertz CT molecular complexity index is 493. The number of hydrogen-bond donors (Lipinski definition) is 1. The Balaban J connectivity index is 2.19. The highest BCUT2D eigenvalue weighted by Crippen LogP contribution is 2.22. The molecule has 0 bridgehead atoms. The summed E-state index contributed by atoms with van der Waals surface area (Å²) in [6, 6.07) is 5.16. The third-order valence-corrected chi connectivity index (χ3v) is 3.58. The summed E-state index contributed by atoms with van der Waals surface area (Å²) >= 11 is 9.35. The maximum absolute atomic E-state index is 12.3. The molecule has 1 aromatic carbocycles. The Morgan fingerprint density at radius 1 is 1.39 bits per heavy atom. The number of hydrogen-bond acceptors (Lipinski definition) is 2. The van der Waals surface area contributed by atoms with E-state index >= 15 is 0 Å². The summed E-state index contributed by atoms with van der Waals surface area (Å²) in [7, 11) is 0. The van der Waals surface area contributed by atoms with Crippen molar-refractivity contribution in [2.24, 2.45) is 0 Å². The van der Waals surface area contributed by atoms with Crippen LogP contribution in [0.3, 0.4) is 0 Å².